The minimum atomic E-state index is -3.20. The van der Waals surface area contributed by atoms with Crippen molar-refractivity contribution in [2.75, 3.05) is 12.8 Å². The van der Waals surface area contributed by atoms with E-state index in [1.807, 2.05) is 0 Å². The molecule has 0 radical (unpaired) electrons. The van der Waals surface area contributed by atoms with Crippen molar-refractivity contribution in [1.82, 2.24) is 9.78 Å². The Kier molecular flexibility index (Phi) is 2.72. The van der Waals surface area contributed by atoms with Gasteiger partial charge in [-0.05, 0) is 12.6 Å². The van der Waals surface area contributed by atoms with Gasteiger partial charge in [-0.2, -0.15) is 5.10 Å². The van der Waals surface area contributed by atoms with Crippen LogP contribution in [0.1, 0.15) is 5.69 Å². The summed E-state index contributed by atoms with van der Waals surface area (Å²) in [6.45, 7) is 0.489. The fraction of sp³-hybridized carbons (Fsp3) is 0.571. The molecule has 0 fully saturated rings. The second-order valence-electron chi connectivity index (χ2n) is 2.91. The van der Waals surface area contributed by atoms with Crippen molar-refractivity contribution in [3.05, 3.63) is 11.8 Å². The molecular weight excluding hydrogens is 190 g/mol. The molecule has 0 spiro atoms. The molecule has 1 aromatic heterocycles. The molecule has 0 bridgehead atoms. The van der Waals surface area contributed by atoms with Gasteiger partial charge in [0.2, 0.25) is 0 Å². The molecule has 0 saturated carbocycles. The molecule has 2 N–H and O–H groups in total. The van der Waals surface area contributed by atoms with Gasteiger partial charge in [0.25, 0.3) is 0 Å². The van der Waals surface area contributed by atoms with E-state index in [9.17, 15) is 8.42 Å². The Bertz CT molecular complexity index is 394. The summed E-state index contributed by atoms with van der Waals surface area (Å²) in [7, 11) is -1.49. The third kappa shape index (κ3) is 2.28. The highest BCUT2D eigenvalue weighted by Crippen LogP contribution is 2.08. The van der Waals surface area contributed by atoms with Crippen LogP contribution < -0.4 is 5.73 Å². The SMILES string of the molecule is Cn1nc(S(C)(=O)=O)cc1CCN. The molecule has 0 aliphatic heterocycles. The van der Waals surface area contributed by atoms with E-state index >= 15 is 0 Å². The predicted octanol–water partition coefficient (Wildman–Crippen LogP) is -0.675. The summed E-state index contributed by atoms with van der Waals surface area (Å²) >= 11 is 0. The van der Waals surface area contributed by atoms with Gasteiger partial charge in [0.15, 0.2) is 14.9 Å². The average molecular weight is 203 g/mol. The van der Waals surface area contributed by atoms with Crippen LogP contribution in [0.5, 0.6) is 0 Å². The van der Waals surface area contributed by atoms with Crippen LogP contribution in [0.2, 0.25) is 0 Å². The summed E-state index contributed by atoms with van der Waals surface area (Å²) in [5.41, 5.74) is 6.19. The molecule has 74 valence electrons. The fourth-order valence-electron chi connectivity index (χ4n) is 1.04. The lowest BCUT2D eigenvalue weighted by atomic mass is 10.3. The average Bonchev–Trinajstić information content (AvgIpc) is 2.32. The van der Waals surface area contributed by atoms with Crippen LogP contribution in [0.3, 0.4) is 0 Å². The van der Waals surface area contributed by atoms with Gasteiger partial charge in [0, 0.05) is 25.4 Å². The van der Waals surface area contributed by atoms with Crippen LogP contribution >= 0.6 is 0 Å². The topological polar surface area (TPSA) is 78.0 Å². The lowest BCUT2D eigenvalue weighted by Crippen LogP contribution is -2.07. The van der Waals surface area contributed by atoms with E-state index in [2.05, 4.69) is 5.10 Å². The molecule has 0 aliphatic carbocycles. The highest BCUT2D eigenvalue weighted by molar-refractivity contribution is 7.90. The fourth-order valence-corrected chi connectivity index (χ4v) is 1.66. The number of sulfone groups is 1. The smallest absolute Gasteiger partial charge is 0.194 e. The highest BCUT2D eigenvalue weighted by atomic mass is 32.2. The lowest BCUT2D eigenvalue weighted by molar-refractivity contribution is 0.593. The van der Waals surface area contributed by atoms with Gasteiger partial charge >= 0.3 is 0 Å². The summed E-state index contributed by atoms with van der Waals surface area (Å²) in [5.74, 6) is 0. The van der Waals surface area contributed by atoms with E-state index in [0.29, 0.717) is 13.0 Å². The minimum Gasteiger partial charge on any atom is -0.330 e. The van der Waals surface area contributed by atoms with Gasteiger partial charge < -0.3 is 5.73 Å². The molecule has 0 amide bonds. The molecule has 0 unspecified atom stereocenters. The van der Waals surface area contributed by atoms with E-state index in [1.54, 1.807) is 17.8 Å². The quantitative estimate of drug-likeness (QED) is 0.706. The summed E-state index contributed by atoms with van der Waals surface area (Å²) in [5, 5.41) is 3.98. The zero-order valence-corrected chi connectivity index (χ0v) is 8.50. The molecule has 5 nitrogen and oxygen atoms in total. The molecule has 0 saturated heterocycles. The van der Waals surface area contributed by atoms with Gasteiger partial charge in [-0.1, -0.05) is 0 Å². The normalized spacial score (nSPS) is 11.9. The highest BCUT2D eigenvalue weighted by Gasteiger charge is 2.13. The summed E-state index contributed by atoms with van der Waals surface area (Å²) in [6, 6.07) is 1.56. The molecule has 1 aromatic rings. The van der Waals surface area contributed by atoms with Crippen LogP contribution in [-0.4, -0.2) is 31.0 Å². The molecule has 6 heteroatoms. The Morgan fingerprint density at radius 2 is 2.23 bits per heavy atom. The lowest BCUT2D eigenvalue weighted by Gasteiger charge is -1.95. The second-order valence-corrected chi connectivity index (χ2v) is 4.87. The maximum absolute atomic E-state index is 11.1. The van der Waals surface area contributed by atoms with E-state index in [1.165, 1.54) is 0 Å². The minimum absolute atomic E-state index is 0.110. The maximum atomic E-state index is 11.1. The molecule has 1 heterocycles. The Labute approximate surface area is 77.5 Å². The monoisotopic (exact) mass is 203 g/mol. The number of hydrogen-bond donors (Lipinski definition) is 1. The number of nitrogens with zero attached hydrogens (tertiary/aromatic N) is 2. The second kappa shape index (κ2) is 3.47. The van der Waals surface area contributed by atoms with Gasteiger partial charge in [-0.25, -0.2) is 8.42 Å². The zero-order valence-electron chi connectivity index (χ0n) is 7.69. The number of aromatic nitrogens is 2. The summed E-state index contributed by atoms with van der Waals surface area (Å²) in [4.78, 5) is 0. The van der Waals surface area contributed by atoms with Crippen molar-refractivity contribution < 1.29 is 8.42 Å². The largest absolute Gasteiger partial charge is 0.330 e. The summed E-state index contributed by atoms with van der Waals surface area (Å²) < 4.78 is 23.7. The van der Waals surface area contributed by atoms with Crippen LogP contribution in [0, 0.1) is 0 Å². The number of nitrogens with two attached hydrogens (primary N) is 1. The van der Waals surface area contributed by atoms with Crippen LogP contribution in [0.4, 0.5) is 0 Å². The van der Waals surface area contributed by atoms with Crippen LogP contribution in [-0.2, 0) is 23.3 Å². The van der Waals surface area contributed by atoms with Crippen molar-refractivity contribution >= 4 is 9.84 Å². The molecular formula is C7H13N3O2S. The van der Waals surface area contributed by atoms with Gasteiger partial charge in [0.05, 0.1) is 0 Å². The third-order valence-electron chi connectivity index (χ3n) is 1.73. The predicted molar refractivity (Wildman–Crippen MR) is 49.1 cm³/mol. The van der Waals surface area contributed by atoms with Gasteiger partial charge in [0.1, 0.15) is 0 Å². The molecule has 13 heavy (non-hydrogen) atoms. The van der Waals surface area contributed by atoms with E-state index < -0.39 is 9.84 Å². The van der Waals surface area contributed by atoms with Crippen LogP contribution in [0.15, 0.2) is 11.1 Å². The standard InChI is InChI=1S/C7H13N3O2S/c1-10-6(3-4-8)5-7(9-10)13(2,11)12/h5H,3-4,8H2,1-2H3. The number of rotatable bonds is 3. The van der Waals surface area contributed by atoms with E-state index in [-0.39, 0.29) is 5.03 Å². The Hall–Kier alpha value is -0.880. The number of aryl methyl sites for hydroxylation is 1. The van der Waals surface area contributed by atoms with Crippen LogP contribution in [0.25, 0.3) is 0 Å². The summed E-state index contributed by atoms with van der Waals surface area (Å²) in [6.07, 6.45) is 1.78. The van der Waals surface area contributed by atoms with E-state index in [4.69, 9.17) is 5.73 Å². The van der Waals surface area contributed by atoms with Gasteiger partial charge in [-0.3, -0.25) is 4.68 Å². The van der Waals surface area contributed by atoms with Crippen molar-refractivity contribution in [2.45, 2.75) is 11.4 Å². The first-order valence-corrected chi connectivity index (χ1v) is 5.77. The Balaban J connectivity index is 3.09. The van der Waals surface area contributed by atoms with Gasteiger partial charge in [-0.15, -0.1) is 0 Å². The van der Waals surface area contributed by atoms with Crippen molar-refractivity contribution in [1.29, 1.82) is 0 Å². The first-order valence-electron chi connectivity index (χ1n) is 3.88. The zero-order chi connectivity index (χ0) is 10.1. The Morgan fingerprint density at radius 1 is 1.62 bits per heavy atom. The molecule has 0 atom stereocenters. The molecule has 0 aliphatic rings. The molecule has 1 rings (SSSR count). The van der Waals surface area contributed by atoms with Crippen molar-refractivity contribution in [2.24, 2.45) is 12.8 Å². The number of hydrogen-bond acceptors (Lipinski definition) is 4. The Morgan fingerprint density at radius 3 is 2.62 bits per heavy atom. The third-order valence-corrected chi connectivity index (χ3v) is 2.69. The van der Waals surface area contributed by atoms with Crippen molar-refractivity contribution in [3.8, 4) is 0 Å². The van der Waals surface area contributed by atoms with Crippen molar-refractivity contribution in [3.63, 3.8) is 0 Å². The first kappa shape index (κ1) is 10.2. The first-order chi connectivity index (χ1) is 5.95. The van der Waals surface area contributed by atoms with E-state index in [0.717, 1.165) is 11.9 Å². The molecule has 0 aromatic carbocycles. The maximum Gasteiger partial charge on any atom is 0.194 e.